The molecule has 0 saturated carbocycles. The molecule has 1 aliphatic heterocycles. The number of hydrogen-bond acceptors (Lipinski definition) is 4. The number of benzene rings is 1. The van der Waals surface area contributed by atoms with E-state index in [9.17, 15) is 9.59 Å². The lowest BCUT2D eigenvalue weighted by atomic mass is 10.0. The van der Waals surface area contributed by atoms with Crippen molar-refractivity contribution in [3.63, 3.8) is 0 Å². The summed E-state index contributed by atoms with van der Waals surface area (Å²) in [7, 11) is 0. The summed E-state index contributed by atoms with van der Waals surface area (Å²) >= 11 is 0. The number of hydrogen-bond donors (Lipinski definition) is 1. The molecule has 6 heteroatoms. The first-order chi connectivity index (χ1) is 12.5. The van der Waals surface area contributed by atoms with Gasteiger partial charge >= 0.3 is 0 Å². The first-order valence-corrected chi connectivity index (χ1v) is 9.15. The molecule has 0 spiro atoms. The van der Waals surface area contributed by atoms with Crippen molar-refractivity contribution in [3.8, 4) is 11.3 Å². The molecule has 6 nitrogen and oxygen atoms in total. The molecular weight excluding hydrogens is 330 g/mol. The Balaban J connectivity index is 1.55. The van der Waals surface area contributed by atoms with E-state index in [1.54, 1.807) is 6.07 Å². The lowest BCUT2D eigenvalue weighted by Gasteiger charge is -2.26. The van der Waals surface area contributed by atoms with Gasteiger partial charge in [-0.15, -0.1) is 0 Å². The molecule has 2 heterocycles. The van der Waals surface area contributed by atoms with Gasteiger partial charge in [-0.05, 0) is 44.7 Å². The van der Waals surface area contributed by atoms with E-state index < -0.39 is 0 Å². The summed E-state index contributed by atoms with van der Waals surface area (Å²) in [5.41, 5.74) is 3.33. The summed E-state index contributed by atoms with van der Waals surface area (Å²) in [6, 6.07) is 7.69. The maximum Gasteiger partial charge on any atom is 0.273 e. The van der Waals surface area contributed by atoms with Gasteiger partial charge in [0.25, 0.3) is 5.91 Å². The largest absolute Gasteiger partial charge is 0.355 e. The molecule has 2 amide bonds. The maximum atomic E-state index is 12.2. The molecule has 0 atom stereocenters. The number of carbonyl (C=O) groups excluding carboxylic acids is 2. The van der Waals surface area contributed by atoms with E-state index in [-0.39, 0.29) is 17.5 Å². The molecule has 0 aliphatic carbocycles. The van der Waals surface area contributed by atoms with E-state index in [0.29, 0.717) is 18.7 Å². The quantitative estimate of drug-likeness (QED) is 0.894. The van der Waals surface area contributed by atoms with Crippen LogP contribution in [-0.2, 0) is 4.79 Å². The van der Waals surface area contributed by atoms with Crippen LogP contribution in [0.15, 0.2) is 28.8 Å². The van der Waals surface area contributed by atoms with Crippen LogP contribution in [0.5, 0.6) is 0 Å². The summed E-state index contributed by atoms with van der Waals surface area (Å²) in [5.74, 6) is 0.346. The number of likely N-dealkylation sites (tertiary alicyclic amines) is 1. The summed E-state index contributed by atoms with van der Waals surface area (Å²) < 4.78 is 5.34. The van der Waals surface area contributed by atoms with Crippen molar-refractivity contribution in [1.29, 1.82) is 0 Å². The van der Waals surface area contributed by atoms with Gasteiger partial charge in [-0.2, -0.15) is 0 Å². The molecule has 26 heavy (non-hydrogen) atoms. The van der Waals surface area contributed by atoms with Crippen LogP contribution in [0.25, 0.3) is 11.3 Å². The molecule has 0 unspecified atom stereocenters. The normalized spacial score (nSPS) is 14.3. The average Bonchev–Trinajstić information content (AvgIpc) is 3.14. The Morgan fingerprint density at radius 2 is 1.92 bits per heavy atom. The number of nitrogens with one attached hydrogen (secondary N) is 1. The van der Waals surface area contributed by atoms with Crippen LogP contribution in [0.1, 0.15) is 47.3 Å². The molecular formula is C20H25N3O3. The Bertz CT molecular complexity index is 791. The zero-order valence-electron chi connectivity index (χ0n) is 15.4. The van der Waals surface area contributed by atoms with Crippen molar-refractivity contribution in [2.75, 3.05) is 19.6 Å². The Morgan fingerprint density at radius 1 is 1.15 bits per heavy atom. The molecule has 1 N–H and O–H groups in total. The zero-order chi connectivity index (χ0) is 18.5. The van der Waals surface area contributed by atoms with Crippen molar-refractivity contribution < 1.29 is 14.1 Å². The molecule has 0 radical (unpaired) electrons. The molecule has 138 valence electrons. The Hall–Kier alpha value is -2.63. The summed E-state index contributed by atoms with van der Waals surface area (Å²) in [4.78, 5) is 26.2. The lowest BCUT2D eigenvalue weighted by Crippen LogP contribution is -2.37. The third kappa shape index (κ3) is 4.31. The van der Waals surface area contributed by atoms with Crippen LogP contribution in [0.2, 0.25) is 0 Å². The van der Waals surface area contributed by atoms with E-state index in [2.05, 4.69) is 10.5 Å². The van der Waals surface area contributed by atoms with Crippen molar-refractivity contribution in [2.24, 2.45) is 0 Å². The predicted octanol–water partition coefficient (Wildman–Crippen LogP) is 3.09. The fraction of sp³-hybridized carbons (Fsp3) is 0.450. The smallest absolute Gasteiger partial charge is 0.273 e. The maximum absolute atomic E-state index is 12.2. The third-order valence-electron chi connectivity index (χ3n) is 4.73. The second-order valence-electron chi connectivity index (χ2n) is 6.84. The monoisotopic (exact) mass is 355 g/mol. The minimum absolute atomic E-state index is 0.0984. The van der Waals surface area contributed by atoms with Gasteiger partial charge in [0, 0.05) is 37.7 Å². The van der Waals surface area contributed by atoms with Crippen LogP contribution in [-0.4, -0.2) is 41.5 Å². The summed E-state index contributed by atoms with van der Waals surface area (Å²) in [6.45, 7) is 5.96. The van der Waals surface area contributed by atoms with Gasteiger partial charge < -0.3 is 14.7 Å². The predicted molar refractivity (Wildman–Crippen MR) is 98.8 cm³/mol. The van der Waals surface area contributed by atoms with Gasteiger partial charge in [0.1, 0.15) is 0 Å². The van der Waals surface area contributed by atoms with E-state index in [0.717, 1.165) is 42.6 Å². The minimum Gasteiger partial charge on any atom is -0.355 e. The van der Waals surface area contributed by atoms with Gasteiger partial charge in [0.15, 0.2) is 11.5 Å². The third-order valence-corrected chi connectivity index (χ3v) is 4.73. The van der Waals surface area contributed by atoms with Gasteiger partial charge in [-0.1, -0.05) is 22.9 Å². The average molecular weight is 355 g/mol. The molecule has 3 rings (SSSR count). The molecule has 1 fully saturated rings. The number of amides is 2. The second kappa shape index (κ2) is 8.17. The highest BCUT2D eigenvalue weighted by Gasteiger charge is 2.18. The number of rotatable bonds is 5. The van der Waals surface area contributed by atoms with Crippen LogP contribution in [0, 0.1) is 13.8 Å². The Labute approximate surface area is 153 Å². The van der Waals surface area contributed by atoms with Gasteiger partial charge in [-0.25, -0.2) is 0 Å². The number of carbonyl (C=O) groups is 2. The van der Waals surface area contributed by atoms with E-state index >= 15 is 0 Å². The number of nitrogens with zero attached hydrogens (tertiary/aromatic N) is 2. The lowest BCUT2D eigenvalue weighted by molar-refractivity contribution is -0.131. The van der Waals surface area contributed by atoms with Crippen molar-refractivity contribution in [3.05, 3.63) is 41.1 Å². The minimum atomic E-state index is -0.322. The second-order valence-corrected chi connectivity index (χ2v) is 6.84. The first kappa shape index (κ1) is 18.2. The standard InChI is InChI=1S/C20H25N3O3/c1-14-6-7-15(2)16(12-14)18-13-17(22-26-18)20(25)21-9-8-19(24)23-10-4-3-5-11-23/h6-7,12-13H,3-5,8-11H2,1-2H3,(H,21,25). The first-order valence-electron chi connectivity index (χ1n) is 9.15. The number of aromatic nitrogens is 1. The highest BCUT2D eigenvalue weighted by molar-refractivity contribution is 5.93. The van der Waals surface area contributed by atoms with Crippen molar-refractivity contribution >= 4 is 11.8 Å². The van der Waals surface area contributed by atoms with Crippen LogP contribution >= 0.6 is 0 Å². The molecule has 0 bridgehead atoms. The topological polar surface area (TPSA) is 75.4 Å². The Kier molecular flexibility index (Phi) is 5.71. The molecule has 1 aromatic heterocycles. The zero-order valence-corrected chi connectivity index (χ0v) is 15.4. The van der Waals surface area contributed by atoms with E-state index in [4.69, 9.17) is 4.52 Å². The molecule has 1 aromatic carbocycles. The SMILES string of the molecule is Cc1ccc(C)c(-c2cc(C(=O)NCCC(=O)N3CCCCC3)no2)c1. The highest BCUT2D eigenvalue weighted by atomic mass is 16.5. The van der Waals surface area contributed by atoms with Crippen LogP contribution in [0.3, 0.4) is 0 Å². The van der Waals surface area contributed by atoms with Gasteiger partial charge in [0.2, 0.25) is 5.91 Å². The number of piperidine rings is 1. The Morgan fingerprint density at radius 3 is 2.69 bits per heavy atom. The summed E-state index contributed by atoms with van der Waals surface area (Å²) in [5, 5.41) is 6.62. The molecule has 1 aliphatic rings. The fourth-order valence-corrected chi connectivity index (χ4v) is 3.19. The van der Waals surface area contributed by atoms with Crippen molar-refractivity contribution in [1.82, 2.24) is 15.4 Å². The van der Waals surface area contributed by atoms with Gasteiger partial charge in [0.05, 0.1) is 0 Å². The van der Waals surface area contributed by atoms with Crippen LogP contribution < -0.4 is 5.32 Å². The van der Waals surface area contributed by atoms with Crippen LogP contribution in [0.4, 0.5) is 0 Å². The van der Waals surface area contributed by atoms with E-state index in [1.165, 1.54) is 6.42 Å². The van der Waals surface area contributed by atoms with Gasteiger partial charge in [-0.3, -0.25) is 9.59 Å². The molecule has 2 aromatic rings. The summed E-state index contributed by atoms with van der Waals surface area (Å²) in [6.07, 6.45) is 3.64. The van der Waals surface area contributed by atoms with Crippen molar-refractivity contribution in [2.45, 2.75) is 39.5 Å². The fourth-order valence-electron chi connectivity index (χ4n) is 3.19. The number of aryl methyl sites for hydroxylation is 2. The molecule has 1 saturated heterocycles. The van der Waals surface area contributed by atoms with E-state index in [1.807, 2.05) is 36.9 Å². The highest BCUT2D eigenvalue weighted by Crippen LogP contribution is 2.25.